The predicted octanol–water partition coefficient (Wildman–Crippen LogP) is 4.89. The van der Waals surface area contributed by atoms with Crippen molar-refractivity contribution in [2.45, 2.75) is 6.92 Å². The number of imide groups is 1. The SMILES string of the molecule is COc1cc(/C=C2\SC(=O)N(CCOc3cccc(C)c3)C2=O)cc(Br)c1OC. The van der Waals surface area contributed by atoms with E-state index in [1.165, 1.54) is 12.0 Å². The van der Waals surface area contributed by atoms with Crippen LogP contribution in [0.2, 0.25) is 0 Å². The molecule has 152 valence electrons. The molecule has 0 saturated carbocycles. The van der Waals surface area contributed by atoms with Crippen molar-refractivity contribution in [3.05, 3.63) is 56.9 Å². The normalized spacial score (nSPS) is 15.2. The van der Waals surface area contributed by atoms with Gasteiger partial charge in [-0.15, -0.1) is 0 Å². The Kier molecular flexibility index (Phi) is 6.87. The maximum atomic E-state index is 12.7. The van der Waals surface area contributed by atoms with Gasteiger partial charge < -0.3 is 14.2 Å². The molecule has 0 aliphatic carbocycles. The Morgan fingerprint density at radius 1 is 1.14 bits per heavy atom. The molecule has 6 nitrogen and oxygen atoms in total. The molecular formula is C21H20BrNO5S. The Bertz CT molecular complexity index is 976. The van der Waals surface area contributed by atoms with Gasteiger partial charge in [-0.25, -0.2) is 0 Å². The van der Waals surface area contributed by atoms with Gasteiger partial charge in [0.05, 0.1) is 30.1 Å². The third kappa shape index (κ3) is 4.94. The van der Waals surface area contributed by atoms with Gasteiger partial charge in [0.15, 0.2) is 11.5 Å². The fourth-order valence-corrected chi connectivity index (χ4v) is 4.31. The van der Waals surface area contributed by atoms with Crippen molar-refractivity contribution in [2.75, 3.05) is 27.4 Å². The van der Waals surface area contributed by atoms with Gasteiger partial charge in [0.1, 0.15) is 12.4 Å². The van der Waals surface area contributed by atoms with Gasteiger partial charge in [-0.3, -0.25) is 14.5 Å². The molecule has 0 radical (unpaired) electrons. The number of halogens is 1. The molecule has 0 unspecified atom stereocenters. The molecule has 1 saturated heterocycles. The standard InChI is InChI=1S/C21H20BrNO5S/c1-13-5-4-6-15(9-13)28-8-7-23-20(24)18(29-21(23)25)12-14-10-16(22)19(27-3)17(11-14)26-2/h4-6,9-12H,7-8H2,1-3H3/b18-12-. The van der Waals surface area contributed by atoms with Crippen LogP contribution in [-0.2, 0) is 4.79 Å². The minimum Gasteiger partial charge on any atom is -0.493 e. The number of hydrogen-bond acceptors (Lipinski definition) is 6. The van der Waals surface area contributed by atoms with E-state index in [-0.39, 0.29) is 24.3 Å². The fourth-order valence-electron chi connectivity index (χ4n) is 2.83. The zero-order valence-electron chi connectivity index (χ0n) is 16.2. The number of thioether (sulfide) groups is 1. The summed E-state index contributed by atoms with van der Waals surface area (Å²) in [6.45, 7) is 2.39. The van der Waals surface area contributed by atoms with Crippen LogP contribution < -0.4 is 14.2 Å². The van der Waals surface area contributed by atoms with Gasteiger partial charge in [-0.1, -0.05) is 12.1 Å². The second kappa shape index (κ2) is 9.37. The molecule has 0 spiro atoms. The number of hydrogen-bond donors (Lipinski definition) is 0. The first kappa shape index (κ1) is 21.3. The van der Waals surface area contributed by atoms with E-state index in [2.05, 4.69) is 15.9 Å². The van der Waals surface area contributed by atoms with Crippen LogP contribution in [0.4, 0.5) is 4.79 Å². The highest BCUT2D eigenvalue weighted by Gasteiger charge is 2.34. The molecule has 3 rings (SSSR count). The summed E-state index contributed by atoms with van der Waals surface area (Å²) >= 11 is 4.34. The number of aryl methyl sites for hydroxylation is 1. The largest absolute Gasteiger partial charge is 0.493 e. The van der Waals surface area contributed by atoms with Crippen molar-refractivity contribution in [3.63, 3.8) is 0 Å². The maximum Gasteiger partial charge on any atom is 0.293 e. The highest BCUT2D eigenvalue weighted by molar-refractivity contribution is 9.10. The smallest absolute Gasteiger partial charge is 0.293 e. The molecule has 1 heterocycles. The average molecular weight is 478 g/mol. The Labute approximate surface area is 181 Å². The van der Waals surface area contributed by atoms with Gasteiger partial charge in [0.2, 0.25) is 0 Å². The Morgan fingerprint density at radius 3 is 2.62 bits per heavy atom. The first-order valence-corrected chi connectivity index (χ1v) is 10.4. The number of nitrogens with zero attached hydrogens (tertiary/aromatic N) is 1. The summed E-state index contributed by atoms with van der Waals surface area (Å²) in [5.41, 5.74) is 1.80. The zero-order valence-corrected chi connectivity index (χ0v) is 18.6. The molecule has 2 amide bonds. The molecule has 0 N–H and O–H groups in total. The first-order chi connectivity index (χ1) is 13.9. The van der Waals surface area contributed by atoms with Crippen molar-refractivity contribution < 1.29 is 23.8 Å². The van der Waals surface area contributed by atoms with Crippen LogP contribution in [0.5, 0.6) is 17.2 Å². The van der Waals surface area contributed by atoms with Crippen LogP contribution in [0, 0.1) is 6.92 Å². The lowest BCUT2D eigenvalue weighted by molar-refractivity contribution is -0.123. The van der Waals surface area contributed by atoms with E-state index < -0.39 is 0 Å². The average Bonchev–Trinajstić information content (AvgIpc) is 2.95. The van der Waals surface area contributed by atoms with Crippen LogP contribution in [0.1, 0.15) is 11.1 Å². The highest BCUT2D eigenvalue weighted by Crippen LogP contribution is 2.38. The van der Waals surface area contributed by atoms with E-state index >= 15 is 0 Å². The first-order valence-electron chi connectivity index (χ1n) is 8.79. The van der Waals surface area contributed by atoms with Crippen molar-refractivity contribution >= 4 is 44.9 Å². The monoisotopic (exact) mass is 477 g/mol. The van der Waals surface area contributed by atoms with E-state index in [0.29, 0.717) is 26.6 Å². The maximum absolute atomic E-state index is 12.7. The molecule has 0 aromatic heterocycles. The molecule has 1 fully saturated rings. The van der Waals surface area contributed by atoms with E-state index in [1.54, 1.807) is 25.3 Å². The summed E-state index contributed by atoms with van der Waals surface area (Å²) < 4.78 is 17.0. The molecule has 1 aliphatic rings. The predicted molar refractivity (Wildman–Crippen MR) is 117 cm³/mol. The van der Waals surface area contributed by atoms with Gasteiger partial charge >= 0.3 is 0 Å². The Morgan fingerprint density at radius 2 is 1.93 bits per heavy atom. The van der Waals surface area contributed by atoms with Gasteiger partial charge in [0.25, 0.3) is 11.1 Å². The van der Waals surface area contributed by atoms with Crippen molar-refractivity contribution in [1.29, 1.82) is 0 Å². The number of benzene rings is 2. The molecule has 2 aromatic rings. The third-order valence-corrected chi connectivity index (χ3v) is 5.70. The number of amides is 2. The van der Waals surface area contributed by atoms with E-state index in [0.717, 1.165) is 22.9 Å². The Balaban J connectivity index is 1.70. The number of methoxy groups -OCH3 is 2. The second-order valence-electron chi connectivity index (χ2n) is 6.24. The lowest BCUT2D eigenvalue weighted by Crippen LogP contribution is -2.32. The molecule has 1 aliphatic heterocycles. The summed E-state index contributed by atoms with van der Waals surface area (Å²) in [6, 6.07) is 11.2. The van der Waals surface area contributed by atoms with Crippen LogP contribution in [0.3, 0.4) is 0 Å². The van der Waals surface area contributed by atoms with Crippen molar-refractivity contribution in [2.24, 2.45) is 0 Å². The van der Waals surface area contributed by atoms with E-state index in [9.17, 15) is 9.59 Å². The zero-order chi connectivity index (χ0) is 21.0. The summed E-state index contributed by atoms with van der Waals surface area (Å²) in [4.78, 5) is 26.5. The highest BCUT2D eigenvalue weighted by atomic mass is 79.9. The Hall–Kier alpha value is -2.45. The third-order valence-electron chi connectivity index (χ3n) is 4.20. The number of rotatable bonds is 7. The quantitative estimate of drug-likeness (QED) is 0.528. The van der Waals surface area contributed by atoms with Crippen LogP contribution in [-0.4, -0.2) is 43.4 Å². The van der Waals surface area contributed by atoms with Crippen LogP contribution in [0.15, 0.2) is 45.8 Å². The summed E-state index contributed by atoms with van der Waals surface area (Å²) in [7, 11) is 3.09. The summed E-state index contributed by atoms with van der Waals surface area (Å²) in [5.74, 6) is 1.46. The fraction of sp³-hybridized carbons (Fsp3) is 0.238. The number of carbonyl (C=O) groups excluding carboxylic acids is 2. The second-order valence-corrected chi connectivity index (χ2v) is 8.08. The minimum atomic E-state index is -0.334. The molecular weight excluding hydrogens is 458 g/mol. The topological polar surface area (TPSA) is 65.1 Å². The van der Waals surface area contributed by atoms with Gasteiger partial charge in [0, 0.05) is 0 Å². The molecule has 2 aromatic carbocycles. The molecule has 8 heteroatoms. The lowest BCUT2D eigenvalue weighted by atomic mass is 10.2. The molecule has 0 atom stereocenters. The number of ether oxygens (including phenoxy) is 3. The van der Waals surface area contributed by atoms with E-state index in [4.69, 9.17) is 14.2 Å². The van der Waals surface area contributed by atoms with Gasteiger partial charge in [-0.05, 0) is 76.1 Å². The van der Waals surface area contributed by atoms with Crippen molar-refractivity contribution in [3.8, 4) is 17.2 Å². The van der Waals surface area contributed by atoms with Gasteiger partial charge in [-0.2, -0.15) is 0 Å². The van der Waals surface area contributed by atoms with Crippen LogP contribution >= 0.6 is 27.7 Å². The minimum absolute atomic E-state index is 0.186. The summed E-state index contributed by atoms with van der Waals surface area (Å²) in [6.07, 6.45) is 1.67. The van der Waals surface area contributed by atoms with Crippen LogP contribution in [0.25, 0.3) is 6.08 Å². The summed E-state index contributed by atoms with van der Waals surface area (Å²) in [5, 5.41) is -0.311. The molecule has 29 heavy (non-hydrogen) atoms. The number of carbonyl (C=O) groups is 2. The lowest BCUT2D eigenvalue weighted by Gasteiger charge is -2.13. The van der Waals surface area contributed by atoms with Crippen molar-refractivity contribution in [1.82, 2.24) is 4.90 Å². The molecule has 0 bridgehead atoms. The van der Waals surface area contributed by atoms with E-state index in [1.807, 2.05) is 31.2 Å².